The van der Waals surface area contributed by atoms with Crippen molar-refractivity contribution in [2.45, 2.75) is 12.8 Å². The molecular formula is C26H32Co2N4O12P2+2. The molecule has 0 aromatic carbocycles. The Hall–Kier alpha value is -3.23. The molecule has 16 nitrogen and oxygen atoms in total. The van der Waals surface area contributed by atoms with Crippen molar-refractivity contribution in [3.8, 4) is 22.8 Å². The SMILES string of the molecule is O=C([O-])CCP(=O)([O-])O.O=C([O-])CCP(=O)([O-])O.[Co+2].[Co+2].[OH3+].[OH3+].c1ccc(-c2ccccn2)nc1.c1ccc(-c2ccccn2)nc1. The van der Waals surface area contributed by atoms with Crippen molar-refractivity contribution in [3.05, 3.63) is 97.6 Å². The van der Waals surface area contributed by atoms with Gasteiger partial charge in [-0.3, -0.25) is 19.9 Å². The van der Waals surface area contributed by atoms with Crippen molar-refractivity contribution in [1.29, 1.82) is 0 Å². The van der Waals surface area contributed by atoms with Crippen molar-refractivity contribution in [2.75, 3.05) is 12.3 Å². The molecule has 0 aliphatic heterocycles. The number of carboxylic acid groups (broad SMARTS) is 2. The van der Waals surface area contributed by atoms with Gasteiger partial charge in [0.05, 0.1) is 22.8 Å². The van der Waals surface area contributed by atoms with E-state index in [0.717, 1.165) is 22.8 Å². The molecule has 254 valence electrons. The summed E-state index contributed by atoms with van der Waals surface area (Å²) in [7, 11) is -8.78. The van der Waals surface area contributed by atoms with Gasteiger partial charge >= 0.3 is 33.6 Å². The maximum Gasteiger partial charge on any atom is 2.00 e. The Morgan fingerprint density at radius 3 is 0.870 bits per heavy atom. The van der Waals surface area contributed by atoms with Crippen molar-refractivity contribution in [2.24, 2.45) is 0 Å². The molecule has 4 rings (SSSR count). The number of pyridine rings is 4. The molecule has 0 bridgehead atoms. The third kappa shape index (κ3) is 27.1. The van der Waals surface area contributed by atoms with Crippen LogP contribution in [0.25, 0.3) is 22.8 Å². The second-order valence-corrected chi connectivity index (χ2v) is 11.3. The van der Waals surface area contributed by atoms with Crippen LogP contribution in [-0.4, -0.2) is 54.0 Å². The van der Waals surface area contributed by atoms with E-state index in [1.54, 1.807) is 24.8 Å². The molecule has 2 atom stereocenters. The molecule has 0 saturated heterocycles. The number of rotatable bonds is 8. The number of aromatic nitrogens is 4. The molecule has 4 aromatic rings. The number of hydrogen-bond donors (Lipinski definition) is 2. The second-order valence-electron chi connectivity index (χ2n) is 7.83. The van der Waals surface area contributed by atoms with Gasteiger partial charge in [-0.25, -0.2) is 0 Å². The average Bonchev–Trinajstić information content (AvgIpc) is 2.97. The minimum Gasteiger partial charge on any atom is -0.779 e. The Kier molecular flexibility index (Phi) is 29.1. The van der Waals surface area contributed by atoms with Gasteiger partial charge in [0.2, 0.25) is 0 Å². The molecule has 2 radical (unpaired) electrons. The number of carbonyl (C=O) groups excluding carboxylic acids is 2. The van der Waals surface area contributed by atoms with Gasteiger partial charge in [-0.1, -0.05) is 24.3 Å². The first-order chi connectivity index (χ1) is 19.8. The zero-order chi connectivity index (χ0) is 31.4. The van der Waals surface area contributed by atoms with Gasteiger partial charge in [0.1, 0.15) is 15.2 Å². The second kappa shape index (κ2) is 26.9. The Labute approximate surface area is 284 Å². The van der Waals surface area contributed by atoms with Crippen molar-refractivity contribution in [1.82, 2.24) is 19.9 Å². The summed E-state index contributed by atoms with van der Waals surface area (Å²) in [6, 6.07) is 23.2. The van der Waals surface area contributed by atoms with Crippen LogP contribution in [0.3, 0.4) is 0 Å². The molecular weight excluding hydrogens is 740 g/mol. The van der Waals surface area contributed by atoms with Crippen LogP contribution in [0, 0.1) is 0 Å². The van der Waals surface area contributed by atoms with Gasteiger partial charge in [-0.05, 0) is 61.4 Å². The van der Waals surface area contributed by atoms with Gasteiger partial charge in [-0.2, -0.15) is 0 Å². The molecule has 4 heterocycles. The zero-order valence-electron chi connectivity index (χ0n) is 23.7. The molecule has 0 amide bonds. The summed E-state index contributed by atoms with van der Waals surface area (Å²) < 4.78 is 19.7. The van der Waals surface area contributed by atoms with Gasteiger partial charge in [0.15, 0.2) is 0 Å². The van der Waals surface area contributed by atoms with Crippen LogP contribution in [0.4, 0.5) is 0 Å². The number of nitrogens with zero attached hydrogens (tertiary/aromatic N) is 4. The predicted octanol–water partition coefficient (Wildman–Crippen LogP) is -2.22. The van der Waals surface area contributed by atoms with Gasteiger partial charge in [0.25, 0.3) is 0 Å². The Bertz CT molecular complexity index is 1250. The number of carbonyl (C=O) groups is 2. The summed E-state index contributed by atoms with van der Waals surface area (Å²) in [6.45, 7) is 0. The fourth-order valence-corrected chi connectivity index (χ4v) is 3.45. The topological polar surface area (TPSA) is 319 Å². The summed E-state index contributed by atoms with van der Waals surface area (Å²) >= 11 is 0. The number of carboxylic acids is 2. The summed E-state index contributed by atoms with van der Waals surface area (Å²) in [6.07, 6.45) is 4.25. The Morgan fingerprint density at radius 2 is 0.761 bits per heavy atom. The monoisotopic (exact) mass is 772 g/mol. The van der Waals surface area contributed by atoms with Crippen LogP contribution in [0.5, 0.6) is 0 Å². The molecule has 0 aliphatic carbocycles. The first kappa shape index (κ1) is 49.6. The van der Waals surface area contributed by atoms with E-state index in [4.69, 9.17) is 9.79 Å². The zero-order valence-corrected chi connectivity index (χ0v) is 27.6. The fourth-order valence-electron chi connectivity index (χ4n) is 2.52. The van der Waals surface area contributed by atoms with E-state index in [1.165, 1.54) is 0 Å². The standard InChI is InChI=1S/2C10H8N2.2C3H7O5P.2Co.2H2O/c2*1-3-7-11-9(5-1)10-6-2-4-8-12-10;2*4-3(5)1-2-9(6,7)8;;;;/h2*1-8H;2*1-2H2,(H,4,5)(H2,6,7,8);;;2*1H2/q;;;;2*+2;;/p-2. The summed E-state index contributed by atoms with van der Waals surface area (Å²) in [5, 5.41) is 19.1. The first-order valence-electron chi connectivity index (χ1n) is 11.9. The molecule has 0 spiro atoms. The molecule has 8 N–H and O–H groups in total. The van der Waals surface area contributed by atoms with E-state index in [0.29, 0.717) is 0 Å². The van der Waals surface area contributed by atoms with E-state index in [-0.39, 0.29) is 44.5 Å². The third-order valence-electron chi connectivity index (χ3n) is 4.38. The molecule has 2 unspecified atom stereocenters. The largest absolute Gasteiger partial charge is 2.00 e. The van der Waals surface area contributed by atoms with Gasteiger partial charge in [-0.15, -0.1) is 0 Å². The van der Waals surface area contributed by atoms with Crippen LogP contribution < -0.4 is 20.0 Å². The summed E-state index contributed by atoms with van der Waals surface area (Å²) in [5.74, 6) is -2.97. The van der Waals surface area contributed by atoms with E-state index >= 15 is 0 Å². The number of aliphatic carboxylic acids is 2. The van der Waals surface area contributed by atoms with Crippen LogP contribution >= 0.6 is 15.2 Å². The van der Waals surface area contributed by atoms with E-state index in [9.17, 15) is 38.7 Å². The summed E-state index contributed by atoms with van der Waals surface area (Å²) in [4.78, 5) is 71.5. The maximum atomic E-state index is 9.83. The minimum absolute atomic E-state index is 0. The van der Waals surface area contributed by atoms with Crippen molar-refractivity contribution >= 4 is 27.1 Å². The smallest absolute Gasteiger partial charge is 0.779 e. The Balaban J connectivity index is -0.000000251. The predicted molar refractivity (Wildman–Crippen MR) is 153 cm³/mol. The number of hydrogen-bond acceptors (Lipinski definition) is 12. The van der Waals surface area contributed by atoms with Gasteiger partial charge < -0.3 is 59.5 Å². The molecule has 0 saturated carbocycles. The van der Waals surface area contributed by atoms with E-state index < -0.39 is 52.3 Å². The van der Waals surface area contributed by atoms with Crippen molar-refractivity contribution in [3.63, 3.8) is 0 Å². The van der Waals surface area contributed by atoms with Crippen LogP contribution in [0.2, 0.25) is 0 Å². The molecule has 0 aliphatic rings. The summed E-state index contributed by atoms with van der Waals surface area (Å²) in [5.41, 5.74) is 3.66. The van der Waals surface area contributed by atoms with Gasteiger partial charge in [0, 0.05) is 49.0 Å². The van der Waals surface area contributed by atoms with Crippen LogP contribution in [-0.2, 0) is 63.2 Å². The van der Waals surface area contributed by atoms with Crippen molar-refractivity contribution < 1.29 is 93.0 Å². The fraction of sp³-hybridized carbons (Fsp3) is 0.154. The molecule has 0 fully saturated rings. The quantitative estimate of drug-likeness (QED) is 0.142. The van der Waals surface area contributed by atoms with E-state index in [1.807, 2.05) is 72.8 Å². The Morgan fingerprint density at radius 1 is 0.543 bits per heavy atom. The van der Waals surface area contributed by atoms with Crippen LogP contribution in [0.1, 0.15) is 12.8 Å². The van der Waals surface area contributed by atoms with E-state index in [2.05, 4.69) is 19.9 Å². The molecule has 46 heavy (non-hydrogen) atoms. The third-order valence-corrected chi connectivity index (χ3v) is 5.96. The first-order valence-corrected chi connectivity index (χ1v) is 15.4. The molecule has 20 heteroatoms. The normalized spacial score (nSPS) is 11.6. The minimum atomic E-state index is -4.39. The van der Waals surface area contributed by atoms with Crippen LogP contribution in [0.15, 0.2) is 97.6 Å². The maximum absolute atomic E-state index is 9.83. The molecule has 4 aromatic heterocycles. The average molecular weight is 772 g/mol.